The molecule has 0 aliphatic heterocycles. The topological polar surface area (TPSA) is 55.1 Å². The van der Waals surface area contributed by atoms with Crippen LogP contribution in [0.3, 0.4) is 0 Å². The molecule has 1 aromatic carbocycles. The minimum atomic E-state index is -1.02. The summed E-state index contributed by atoms with van der Waals surface area (Å²) in [7, 11) is 1.74. The second-order valence-electron chi connectivity index (χ2n) is 3.66. The van der Waals surface area contributed by atoms with E-state index in [9.17, 15) is 4.79 Å². The lowest BCUT2D eigenvalue weighted by Crippen LogP contribution is -1.99. The van der Waals surface area contributed by atoms with Crippen molar-refractivity contribution in [3.63, 3.8) is 0 Å². The van der Waals surface area contributed by atoms with Crippen LogP contribution in [0.25, 0.3) is 11.3 Å². The number of benzene rings is 1. The van der Waals surface area contributed by atoms with Crippen molar-refractivity contribution in [2.75, 3.05) is 6.26 Å². The predicted octanol–water partition coefficient (Wildman–Crippen LogP) is 3.27. The number of carbonyl (C=O) groups is 1. The SMILES string of the molecule is CSc1cccc(Br)c1-c1cc(C(=O)O)nn1C. The van der Waals surface area contributed by atoms with Crippen molar-refractivity contribution < 1.29 is 9.90 Å². The summed E-state index contributed by atoms with van der Waals surface area (Å²) in [6.07, 6.45) is 1.99. The number of carboxylic acid groups (broad SMARTS) is 1. The molecule has 0 saturated heterocycles. The monoisotopic (exact) mass is 326 g/mol. The minimum absolute atomic E-state index is 0.0512. The summed E-state index contributed by atoms with van der Waals surface area (Å²) in [6, 6.07) is 7.47. The van der Waals surface area contributed by atoms with Crippen molar-refractivity contribution in [1.82, 2.24) is 9.78 Å². The molecule has 1 heterocycles. The maximum absolute atomic E-state index is 10.9. The van der Waals surface area contributed by atoms with E-state index in [0.29, 0.717) is 0 Å². The molecule has 0 atom stereocenters. The molecular formula is C12H11BrN2O2S. The Morgan fingerprint density at radius 3 is 2.78 bits per heavy atom. The van der Waals surface area contributed by atoms with Gasteiger partial charge < -0.3 is 5.11 Å². The second kappa shape index (κ2) is 5.16. The molecular weight excluding hydrogens is 316 g/mol. The van der Waals surface area contributed by atoms with Crippen LogP contribution in [0.1, 0.15) is 10.5 Å². The van der Waals surface area contributed by atoms with Crippen molar-refractivity contribution in [3.05, 3.63) is 34.4 Å². The van der Waals surface area contributed by atoms with Crippen LogP contribution in [0.5, 0.6) is 0 Å². The Morgan fingerprint density at radius 1 is 1.50 bits per heavy atom. The first-order valence-electron chi connectivity index (χ1n) is 5.14. The number of nitrogens with zero attached hydrogens (tertiary/aromatic N) is 2. The third kappa shape index (κ3) is 2.30. The fraction of sp³-hybridized carbons (Fsp3) is 0.167. The molecule has 0 bridgehead atoms. The van der Waals surface area contributed by atoms with Crippen LogP contribution in [0.2, 0.25) is 0 Å². The molecule has 1 aromatic heterocycles. The first kappa shape index (κ1) is 13.2. The largest absolute Gasteiger partial charge is 0.476 e. The van der Waals surface area contributed by atoms with Gasteiger partial charge in [-0.25, -0.2) is 4.79 Å². The van der Waals surface area contributed by atoms with Gasteiger partial charge in [-0.15, -0.1) is 11.8 Å². The number of aryl methyl sites for hydroxylation is 1. The van der Waals surface area contributed by atoms with E-state index < -0.39 is 5.97 Å². The molecule has 0 aliphatic carbocycles. The van der Waals surface area contributed by atoms with Gasteiger partial charge in [0, 0.05) is 22.0 Å². The molecule has 18 heavy (non-hydrogen) atoms. The molecule has 1 N–H and O–H groups in total. The molecule has 94 valence electrons. The Kier molecular flexibility index (Phi) is 3.77. The van der Waals surface area contributed by atoms with Crippen LogP contribution >= 0.6 is 27.7 Å². The van der Waals surface area contributed by atoms with E-state index in [1.54, 1.807) is 29.6 Å². The van der Waals surface area contributed by atoms with E-state index in [1.807, 2.05) is 24.5 Å². The van der Waals surface area contributed by atoms with Gasteiger partial charge in [-0.2, -0.15) is 5.10 Å². The second-order valence-corrected chi connectivity index (χ2v) is 5.36. The quantitative estimate of drug-likeness (QED) is 0.879. The van der Waals surface area contributed by atoms with Crippen molar-refractivity contribution >= 4 is 33.7 Å². The highest BCUT2D eigenvalue weighted by Crippen LogP contribution is 2.36. The first-order valence-corrected chi connectivity index (χ1v) is 7.16. The lowest BCUT2D eigenvalue weighted by molar-refractivity contribution is 0.0689. The van der Waals surface area contributed by atoms with Crippen molar-refractivity contribution in [2.45, 2.75) is 4.90 Å². The van der Waals surface area contributed by atoms with Crippen LogP contribution in [-0.2, 0) is 7.05 Å². The van der Waals surface area contributed by atoms with Gasteiger partial charge in [0.1, 0.15) is 0 Å². The lowest BCUT2D eigenvalue weighted by atomic mass is 10.1. The third-order valence-electron chi connectivity index (χ3n) is 2.55. The molecule has 2 rings (SSSR count). The molecule has 0 unspecified atom stereocenters. The fourth-order valence-corrected chi connectivity index (χ4v) is 3.06. The summed E-state index contributed by atoms with van der Waals surface area (Å²) in [5.41, 5.74) is 1.80. The Labute approximate surface area is 117 Å². The number of thioether (sulfide) groups is 1. The van der Waals surface area contributed by atoms with Gasteiger partial charge in [-0.3, -0.25) is 4.68 Å². The molecule has 0 fully saturated rings. The van der Waals surface area contributed by atoms with Crippen LogP contribution < -0.4 is 0 Å². The number of rotatable bonds is 3. The predicted molar refractivity (Wildman–Crippen MR) is 75.1 cm³/mol. The highest BCUT2D eigenvalue weighted by molar-refractivity contribution is 9.10. The average molecular weight is 327 g/mol. The number of halogens is 1. The van der Waals surface area contributed by atoms with E-state index in [4.69, 9.17) is 5.11 Å². The molecule has 0 spiro atoms. The van der Waals surface area contributed by atoms with Gasteiger partial charge in [0.2, 0.25) is 0 Å². The van der Waals surface area contributed by atoms with Gasteiger partial charge in [-0.05, 0) is 24.5 Å². The number of hydrogen-bond acceptors (Lipinski definition) is 3. The van der Waals surface area contributed by atoms with Gasteiger partial charge in [0.05, 0.1) is 5.69 Å². The number of carboxylic acids is 1. The Bertz CT molecular complexity index is 610. The molecule has 2 aromatic rings. The van der Waals surface area contributed by atoms with E-state index in [0.717, 1.165) is 20.6 Å². The van der Waals surface area contributed by atoms with Gasteiger partial charge in [0.15, 0.2) is 5.69 Å². The van der Waals surface area contributed by atoms with Crippen molar-refractivity contribution in [3.8, 4) is 11.3 Å². The summed E-state index contributed by atoms with van der Waals surface area (Å²) < 4.78 is 2.51. The van der Waals surface area contributed by atoms with E-state index in [1.165, 1.54) is 0 Å². The third-order valence-corrected chi connectivity index (χ3v) is 3.99. The Balaban J connectivity index is 2.65. The highest BCUT2D eigenvalue weighted by atomic mass is 79.9. The molecule has 0 amide bonds. The number of hydrogen-bond donors (Lipinski definition) is 1. The summed E-state index contributed by atoms with van der Waals surface area (Å²) >= 11 is 5.12. The summed E-state index contributed by atoms with van der Waals surface area (Å²) in [5, 5.41) is 13.0. The maximum atomic E-state index is 10.9. The van der Waals surface area contributed by atoms with Gasteiger partial charge in [-0.1, -0.05) is 22.0 Å². The fourth-order valence-electron chi connectivity index (χ4n) is 1.73. The maximum Gasteiger partial charge on any atom is 0.356 e. The van der Waals surface area contributed by atoms with Crippen LogP contribution in [0, 0.1) is 0 Å². The minimum Gasteiger partial charge on any atom is -0.476 e. The highest BCUT2D eigenvalue weighted by Gasteiger charge is 2.16. The molecule has 0 saturated carbocycles. The summed E-state index contributed by atoms with van der Waals surface area (Å²) in [5.74, 6) is -1.02. The Morgan fingerprint density at radius 2 is 2.22 bits per heavy atom. The number of aromatic carboxylic acids is 1. The van der Waals surface area contributed by atoms with Crippen molar-refractivity contribution in [2.24, 2.45) is 7.05 Å². The van der Waals surface area contributed by atoms with Crippen molar-refractivity contribution in [1.29, 1.82) is 0 Å². The van der Waals surface area contributed by atoms with E-state index >= 15 is 0 Å². The smallest absolute Gasteiger partial charge is 0.356 e. The number of aromatic nitrogens is 2. The van der Waals surface area contributed by atoms with Crippen LogP contribution in [0.15, 0.2) is 33.6 Å². The van der Waals surface area contributed by atoms with Crippen LogP contribution in [0.4, 0.5) is 0 Å². The standard InChI is InChI=1S/C12H11BrN2O2S/c1-15-9(6-8(14-15)12(16)17)11-7(13)4-3-5-10(11)18-2/h3-6H,1-2H3,(H,16,17). The zero-order valence-electron chi connectivity index (χ0n) is 9.85. The summed E-state index contributed by atoms with van der Waals surface area (Å²) in [4.78, 5) is 12.0. The normalized spacial score (nSPS) is 10.6. The van der Waals surface area contributed by atoms with Gasteiger partial charge in [0.25, 0.3) is 0 Å². The zero-order valence-corrected chi connectivity index (χ0v) is 12.2. The summed E-state index contributed by atoms with van der Waals surface area (Å²) in [6.45, 7) is 0. The zero-order chi connectivity index (χ0) is 13.3. The molecule has 0 aliphatic rings. The lowest BCUT2D eigenvalue weighted by Gasteiger charge is -2.09. The average Bonchev–Trinajstić information content (AvgIpc) is 2.71. The molecule has 4 nitrogen and oxygen atoms in total. The Hall–Kier alpha value is -1.27. The molecule has 0 radical (unpaired) electrons. The van der Waals surface area contributed by atoms with Gasteiger partial charge >= 0.3 is 5.97 Å². The first-order chi connectivity index (χ1) is 8.54. The van der Waals surface area contributed by atoms with E-state index in [2.05, 4.69) is 21.0 Å². The van der Waals surface area contributed by atoms with E-state index in [-0.39, 0.29) is 5.69 Å². The van der Waals surface area contributed by atoms with Crippen LogP contribution in [-0.4, -0.2) is 27.1 Å². The molecule has 6 heteroatoms.